The molecule has 0 unspecified atom stereocenters. The minimum atomic E-state index is 0.851. The Morgan fingerprint density at radius 2 is 1.90 bits per heavy atom. The highest BCUT2D eigenvalue weighted by Crippen LogP contribution is 2.41. The van der Waals surface area contributed by atoms with Crippen LogP contribution >= 0.6 is 11.3 Å². The van der Waals surface area contributed by atoms with E-state index in [1.54, 1.807) is 23.7 Å². The number of nitrogens with zero attached hydrogens (tertiary/aromatic N) is 3. The first-order valence-electron chi connectivity index (χ1n) is 7.00. The van der Waals surface area contributed by atoms with Crippen LogP contribution in [0.4, 0.5) is 5.00 Å². The smallest absolute Gasteiger partial charge is 0.110 e. The third-order valence-corrected chi connectivity index (χ3v) is 5.23. The van der Waals surface area contributed by atoms with E-state index >= 15 is 0 Å². The fourth-order valence-corrected chi connectivity index (χ4v) is 4.04. The van der Waals surface area contributed by atoms with Gasteiger partial charge in [-0.1, -0.05) is 0 Å². The first-order chi connectivity index (χ1) is 9.81. The average molecular weight is 283 g/mol. The van der Waals surface area contributed by atoms with Crippen LogP contribution in [-0.2, 0) is 0 Å². The predicted molar refractivity (Wildman–Crippen MR) is 83.1 cm³/mol. The van der Waals surface area contributed by atoms with Crippen molar-refractivity contribution in [1.82, 2.24) is 4.98 Å². The van der Waals surface area contributed by atoms with Crippen LogP contribution in [0.1, 0.15) is 30.4 Å². The Morgan fingerprint density at radius 3 is 2.55 bits per heavy atom. The molecule has 3 nitrogen and oxygen atoms in total. The van der Waals surface area contributed by atoms with Gasteiger partial charge in [0.25, 0.3) is 0 Å². The average Bonchev–Trinajstić information content (AvgIpc) is 2.86. The van der Waals surface area contributed by atoms with Crippen molar-refractivity contribution in [1.29, 1.82) is 5.26 Å². The molecule has 0 spiro atoms. The van der Waals surface area contributed by atoms with Crippen LogP contribution in [0, 0.1) is 18.3 Å². The van der Waals surface area contributed by atoms with Gasteiger partial charge in [-0.15, -0.1) is 11.3 Å². The second-order valence-corrected chi connectivity index (χ2v) is 6.13. The van der Waals surface area contributed by atoms with Crippen LogP contribution in [0.15, 0.2) is 24.5 Å². The molecule has 2 aromatic heterocycles. The number of hydrogen-bond donors (Lipinski definition) is 0. The van der Waals surface area contributed by atoms with Gasteiger partial charge >= 0.3 is 0 Å². The van der Waals surface area contributed by atoms with Crippen molar-refractivity contribution in [3.8, 4) is 16.5 Å². The number of pyridine rings is 1. The van der Waals surface area contributed by atoms with Crippen LogP contribution in [0.2, 0.25) is 0 Å². The fraction of sp³-hybridized carbons (Fsp3) is 0.375. The quantitative estimate of drug-likeness (QED) is 0.837. The molecule has 0 radical (unpaired) electrons. The van der Waals surface area contributed by atoms with E-state index in [1.807, 2.05) is 12.1 Å². The molecule has 1 fully saturated rings. The van der Waals surface area contributed by atoms with Crippen molar-refractivity contribution >= 4 is 16.3 Å². The summed E-state index contributed by atoms with van der Waals surface area (Å²) in [4.78, 5) is 7.65. The largest absolute Gasteiger partial charge is 0.362 e. The first-order valence-corrected chi connectivity index (χ1v) is 7.81. The summed E-state index contributed by atoms with van der Waals surface area (Å²) in [6.45, 7) is 4.20. The Kier molecular flexibility index (Phi) is 3.70. The normalized spacial score (nSPS) is 15.1. The maximum atomic E-state index is 9.51. The summed E-state index contributed by atoms with van der Waals surface area (Å²) < 4.78 is 0. The van der Waals surface area contributed by atoms with E-state index in [0.29, 0.717) is 0 Å². The van der Waals surface area contributed by atoms with Gasteiger partial charge in [0, 0.05) is 30.4 Å². The van der Waals surface area contributed by atoms with E-state index in [9.17, 15) is 5.26 Å². The van der Waals surface area contributed by atoms with Gasteiger partial charge in [0.15, 0.2) is 0 Å². The molecule has 0 saturated carbocycles. The van der Waals surface area contributed by atoms with Crippen LogP contribution < -0.4 is 4.90 Å². The van der Waals surface area contributed by atoms with Crippen molar-refractivity contribution in [3.63, 3.8) is 0 Å². The molecule has 102 valence electrons. The maximum absolute atomic E-state index is 9.51. The van der Waals surface area contributed by atoms with Crippen molar-refractivity contribution in [2.45, 2.75) is 26.2 Å². The second-order valence-electron chi connectivity index (χ2n) is 5.13. The van der Waals surface area contributed by atoms with Gasteiger partial charge < -0.3 is 4.90 Å². The lowest BCUT2D eigenvalue weighted by molar-refractivity contribution is 0.580. The van der Waals surface area contributed by atoms with Crippen molar-refractivity contribution in [2.24, 2.45) is 0 Å². The monoisotopic (exact) mass is 283 g/mol. The van der Waals surface area contributed by atoms with E-state index in [-0.39, 0.29) is 0 Å². The number of thiophene rings is 1. The lowest BCUT2D eigenvalue weighted by Crippen LogP contribution is -2.29. The summed E-state index contributed by atoms with van der Waals surface area (Å²) >= 11 is 1.75. The van der Waals surface area contributed by atoms with Gasteiger partial charge in [-0.25, -0.2) is 0 Å². The van der Waals surface area contributed by atoms with Gasteiger partial charge in [-0.05, 0) is 49.4 Å². The van der Waals surface area contributed by atoms with Crippen LogP contribution in [-0.4, -0.2) is 18.1 Å². The summed E-state index contributed by atoms with van der Waals surface area (Å²) in [5.41, 5.74) is 3.11. The number of aromatic nitrogens is 1. The van der Waals surface area contributed by atoms with Crippen molar-refractivity contribution in [2.75, 3.05) is 18.0 Å². The third-order valence-electron chi connectivity index (χ3n) is 3.83. The summed E-state index contributed by atoms with van der Waals surface area (Å²) in [6, 6.07) is 6.43. The predicted octanol–water partition coefficient (Wildman–Crippen LogP) is 3.98. The van der Waals surface area contributed by atoms with Gasteiger partial charge in [0.05, 0.1) is 5.56 Å². The molecule has 0 aromatic carbocycles. The highest BCUT2D eigenvalue weighted by Gasteiger charge is 2.21. The van der Waals surface area contributed by atoms with Crippen molar-refractivity contribution < 1.29 is 0 Å². The van der Waals surface area contributed by atoms with Gasteiger partial charge in [0.2, 0.25) is 0 Å². The van der Waals surface area contributed by atoms with E-state index in [2.05, 4.69) is 22.9 Å². The molecular formula is C16H17N3S. The van der Waals surface area contributed by atoms with Crippen LogP contribution in [0.5, 0.6) is 0 Å². The molecular weight excluding hydrogens is 266 g/mol. The van der Waals surface area contributed by atoms with E-state index in [0.717, 1.165) is 34.8 Å². The summed E-state index contributed by atoms with van der Waals surface area (Å²) in [7, 11) is 0. The molecule has 0 atom stereocenters. The van der Waals surface area contributed by atoms with Crippen molar-refractivity contribution in [3.05, 3.63) is 35.7 Å². The Hall–Kier alpha value is -1.86. The zero-order valence-corrected chi connectivity index (χ0v) is 12.4. The molecule has 3 rings (SSSR count). The third kappa shape index (κ3) is 2.30. The Morgan fingerprint density at radius 1 is 1.20 bits per heavy atom. The summed E-state index contributed by atoms with van der Waals surface area (Å²) in [5.74, 6) is 0. The fourth-order valence-electron chi connectivity index (χ4n) is 2.73. The van der Waals surface area contributed by atoms with Gasteiger partial charge in [-0.3, -0.25) is 4.98 Å². The standard InChI is InChI=1S/C16H17N3S/c1-12-14(11-17)16(19-9-3-2-4-10-19)20-15(12)13-5-7-18-8-6-13/h5-8H,2-4,9-10H2,1H3. The highest BCUT2D eigenvalue weighted by molar-refractivity contribution is 7.20. The number of piperidine rings is 1. The Labute approximate surface area is 123 Å². The SMILES string of the molecule is Cc1c(-c2ccncc2)sc(N2CCCCC2)c1C#N. The Bertz CT molecular complexity index is 634. The molecule has 1 aliphatic heterocycles. The minimum Gasteiger partial charge on any atom is -0.362 e. The lowest BCUT2D eigenvalue weighted by Gasteiger charge is -2.27. The maximum Gasteiger partial charge on any atom is 0.110 e. The van der Waals surface area contributed by atoms with E-state index < -0.39 is 0 Å². The minimum absolute atomic E-state index is 0.851. The van der Waals surface area contributed by atoms with E-state index in [4.69, 9.17) is 0 Å². The number of rotatable bonds is 2. The second kappa shape index (κ2) is 5.64. The first kappa shape index (κ1) is 13.1. The van der Waals surface area contributed by atoms with Gasteiger partial charge in [0.1, 0.15) is 11.1 Å². The molecule has 0 amide bonds. The van der Waals surface area contributed by atoms with Crippen LogP contribution in [0.25, 0.3) is 10.4 Å². The molecule has 0 bridgehead atoms. The lowest BCUT2D eigenvalue weighted by atomic mass is 10.1. The molecule has 1 saturated heterocycles. The Balaban J connectivity index is 2.05. The topological polar surface area (TPSA) is 39.9 Å². The number of hydrogen-bond acceptors (Lipinski definition) is 4. The number of anilines is 1. The van der Waals surface area contributed by atoms with Crippen LogP contribution in [0.3, 0.4) is 0 Å². The molecule has 0 N–H and O–H groups in total. The molecule has 0 aliphatic carbocycles. The molecule has 4 heteroatoms. The summed E-state index contributed by atoms with van der Waals surface area (Å²) in [5, 5.41) is 10.7. The molecule has 3 heterocycles. The molecule has 2 aromatic rings. The summed E-state index contributed by atoms with van der Waals surface area (Å²) in [6.07, 6.45) is 7.38. The van der Waals surface area contributed by atoms with Gasteiger partial charge in [-0.2, -0.15) is 5.26 Å². The molecule has 20 heavy (non-hydrogen) atoms. The zero-order valence-electron chi connectivity index (χ0n) is 11.6. The van der Waals surface area contributed by atoms with E-state index in [1.165, 1.54) is 24.1 Å². The highest BCUT2D eigenvalue weighted by atomic mass is 32.1. The number of nitriles is 1. The molecule has 1 aliphatic rings. The zero-order chi connectivity index (χ0) is 13.9.